The summed E-state index contributed by atoms with van der Waals surface area (Å²) in [7, 11) is 2.02. The van der Waals surface area contributed by atoms with Crippen LogP contribution in [0, 0.1) is 0 Å². The molecule has 0 amide bonds. The number of rotatable bonds is 3. The van der Waals surface area contributed by atoms with E-state index >= 15 is 0 Å². The second-order valence-corrected chi connectivity index (χ2v) is 8.26. The number of piperidine rings is 1. The van der Waals surface area contributed by atoms with Crippen LogP contribution in [0.3, 0.4) is 0 Å². The molecule has 0 radical (unpaired) electrons. The third-order valence-corrected chi connectivity index (χ3v) is 6.45. The van der Waals surface area contributed by atoms with Crippen LogP contribution in [0.25, 0.3) is 16.2 Å². The predicted octanol–water partition coefficient (Wildman–Crippen LogP) is 4.23. The van der Waals surface area contributed by atoms with Crippen molar-refractivity contribution in [2.24, 2.45) is 7.05 Å². The van der Waals surface area contributed by atoms with Crippen molar-refractivity contribution < 1.29 is 0 Å². The van der Waals surface area contributed by atoms with Crippen molar-refractivity contribution >= 4 is 33.0 Å². The van der Waals surface area contributed by atoms with Crippen LogP contribution in [0.4, 0.5) is 5.13 Å². The van der Waals surface area contributed by atoms with Gasteiger partial charge in [0.05, 0.1) is 11.9 Å². The van der Waals surface area contributed by atoms with Crippen LogP contribution in [0.5, 0.6) is 0 Å². The number of imidazole rings is 1. The monoisotopic (exact) mass is 398 g/mol. The summed E-state index contributed by atoms with van der Waals surface area (Å²) in [5, 5.41) is 10.8. The van der Waals surface area contributed by atoms with Gasteiger partial charge in [0.2, 0.25) is 10.1 Å². The Morgan fingerprint density at radius 3 is 2.56 bits per heavy atom. The molecule has 1 aliphatic heterocycles. The zero-order valence-electron chi connectivity index (χ0n) is 14.9. The molecule has 6 nitrogen and oxygen atoms in total. The second kappa shape index (κ2) is 6.65. The molecular weight excluding hydrogens is 380 g/mol. The molecule has 138 valence electrons. The average molecular weight is 399 g/mol. The molecule has 1 aromatic carbocycles. The van der Waals surface area contributed by atoms with Gasteiger partial charge in [0.25, 0.3) is 0 Å². The Bertz CT molecular complexity index is 1040. The molecule has 0 spiro atoms. The van der Waals surface area contributed by atoms with Crippen molar-refractivity contribution in [1.29, 1.82) is 0 Å². The number of anilines is 1. The molecule has 27 heavy (non-hydrogen) atoms. The van der Waals surface area contributed by atoms with Crippen molar-refractivity contribution in [3.8, 4) is 11.3 Å². The van der Waals surface area contributed by atoms with Crippen molar-refractivity contribution in [3.05, 3.63) is 53.4 Å². The number of fused-ring (bicyclic) bond motifs is 1. The van der Waals surface area contributed by atoms with Crippen molar-refractivity contribution in [3.63, 3.8) is 0 Å². The Kier molecular flexibility index (Phi) is 4.13. The van der Waals surface area contributed by atoms with Crippen LogP contribution in [0.1, 0.15) is 24.5 Å². The van der Waals surface area contributed by atoms with E-state index < -0.39 is 0 Å². The summed E-state index contributed by atoms with van der Waals surface area (Å²) in [5.41, 5.74) is 3.30. The van der Waals surface area contributed by atoms with E-state index in [4.69, 9.17) is 21.7 Å². The van der Waals surface area contributed by atoms with Crippen LogP contribution >= 0.6 is 22.9 Å². The first-order chi connectivity index (χ1) is 13.2. The third kappa shape index (κ3) is 3.11. The first kappa shape index (κ1) is 16.8. The fourth-order valence-electron chi connectivity index (χ4n) is 3.73. The molecule has 1 aliphatic rings. The maximum atomic E-state index is 5.97. The highest BCUT2D eigenvalue weighted by Crippen LogP contribution is 2.33. The minimum atomic E-state index is 0.578. The summed E-state index contributed by atoms with van der Waals surface area (Å²) >= 11 is 7.62. The highest BCUT2D eigenvalue weighted by atomic mass is 35.5. The summed E-state index contributed by atoms with van der Waals surface area (Å²) < 4.78 is 3.88. The Morgan fingerprint density at radius 2 is 1.89 bits per heavy atom. The molecule has 4 heterocycles. The zero-order valence-corrected chi connectivity index (χ0v) is 16.5. The minimum Gasteiger partial charge on any atom is -0.347 e. The van der Waals surface area contributed by atoms with Gasteiger partial charge in [0, 0.05) is 48.5 Å². The van der Waals surface area contributed by atoms with Crippen molar-refractivity contribution in [2.45, 2.75) is 18.8 Å². The van der Waals surface area contributed by atoms with Gasteiger partial charge in [-0.15, -0.1) is 5.10 Å². The second-order valence-electron chi connectivity index (χ2n) is 6.89. The number of aromatic nitrogens is 5. The van der Waals surface area contributed by atoms with Crippen LogP contribution in [-0.4, -0.2) is 37.5 Å². The largest absolute Gasteiger partial charge is 0.347 e. The van der Waals surface area contributed by atoms with Gasteiger partial charge in [-0.3, -0.25) is 4.68 Å². The van der Waals surface area contributed by atoms with Gasteiger partial charge in [-0.25, -0.2) is 9.50 Å². The summed E-state index contributed by atoms with van der Waals surface area (Å²) in [6.45, 7) is 2.02. The topological polar surface area (TPSA) is 51.2 Å². The minimum absolute atomic E-state index is 0.578. The number of nitrogens with zero attached hydrogens (tertiary/aromatic N) is 6. The van der Waals surface area contributed by atoms with Gasteiger partial charge in [-0.2, -0.15) is 5.10 Å². The molecule has 0 atom stereocenters. The van der Waals surface area contributed by atoms with E-state index in [1.165, 1.54) is 5.69 Å². The van der Waals surface area contributed by atoms with Crippen LogP contribution in [0.15, 0.2) is 42.7 Å². The van der Waals surface area contributed by atoms with E-state index in [2.05, 4.69) is 16.1 Å². The molecule has 3 aromatic heterocycles. The summed E-state index contributed by atoms with van der Waals surface area (Å²) in [6.07, 6.45) is 6.12. The lowest BCUT2D eigenvalue weighted by atomic mass is 9.94. The van der Waals surface area contributed by atoms with Gasteiger partial charge < -0.3 is 4.90 Å². The summed E-state index contributed by atoms with van der Waals surface area (Å²) in [4.78, 5) is 8.02. The van der Waals surface area contributed by atoms with E-state index in [0.29, 0.717) is 5.92 Å². The van der Waals surface area contributed by atoms with E-state index in [1.807, 2.05) is 52.9 Å². The lowest BCUT2D eigenvalue weighted by molar-refractivity contribution is 0.476. The van der Waals surface area contributed by atoms with Gasteiger partial charge in [0.15, 0.2) is 0 Å². The van der Waals surface area contributed by atoms with Crippen LogP contribution < -0.4 is 4.90 Å². The van der Waals surface area contributed by atoms with Crippen molar-refractivity contribution in [1.82, 2.24) is 24.4 Å². The Labute approximate surface area is 166 Å². The predicted molar refractivity (Wildman–Crippen MR) is 109 cm³/mol. The number of hydrogen-bond donors (Lipinski definition) is 0. The van der Waals surface area contributed by atoms with Gasteiger partial charge in [-0.05, 0) is 31.0 Å². The van der Waals surface area contributed by atoms with E-state index in [-0.39, 0.29) is 0 Å². The Hall–Kier alpha value is -2.38. The first-order valence-corrected chi connectivity index (χ1v) is 10.2. The molecule has 8 heteroatoms. The quantitative estimate of drug-likeness (QED) is 0.518. The average Bonchev–Trinajstić information content (AvgIpc) is 3.37. The lowest BCUT2D eigenvalue weighted by Gasteiger charge is -2.31. The van der Waals surface area contributed by atoms with Gasteiger partial charge >= 0.3 is 0 Å². The Balaban J connectivity index is 1.32. The smallest absolute Gasteiger partial charge is 0.214 e. The van der Waals surface area contributed by atoms with Gasteiger partial charge in [-0.1, -0.05) is 35.1 Å². The number of aryl methyl sites for hydroxylation is 1. The van der Waals surface area contributed by atoms with E-state index in [9.17, 15) is 0 Å². The highest BCUT2D eigenvalue weighted by Gasteiger charge is 2.25. The number of benzene rings is 1. The molecule has 1 fully saturated rings. The fourth-order valence-corrected chi connectivity index (χ4v) is 4.79. The molecule has 4 aromatic rings. The third-order valence-electron chi connectivity index (χ3n) is 5.22. The number of halogens is 1. The van der Waals surface area contributed by atoms with E-state index in [0.717, 1.165) is 52.3 Å². The van der Waals surface area contributed by atoms with Crippen molar-refractivity contribution in [2.75, 3.05) is 18.0 Å². The molecule has 5 rings (SSSR count). The highest BCUT2D eigenvalue weighted by molar-refractivity contribution is 7.20. The standard InChI is InChI=1S/C19H19ClN6S/c1-24-17(6-9-21-24)14-7-10-25(11-8-14)19-23-26-12-16(22-18(26)27-19)13-2-4-15(20)5-3-13/h2-6,9,12,14H,7-8,10-11H2,1H3. The maximum Gasteiger partial charge on any atom is 0.214 e. The lowest BCUT2D eigenvalue weighted by Crippen LogP contribution is -2.33. The maximum absolute atomic E-state index is 5.97. The summed E-state index contributed by atoms with van der Waals surface area (Å²) in [6, 6.07) is 9.87. The zero-order chi connectivity index (χ0) is 18.4. The van der Waals surface area contributed by atoms with E-state index in [1.54, 1.807) is 11.3 Å². The SMILES string of the molecule is Cn1nccc1C1CCN(c2nn3cc(-c4ccc(Cl)cc4)nc3s2)CC1. The fraction of sp³-hybridized carbons (Fsp3) is 0.316. The molecule has 1 saturated heterocycles. The first-order valence-electron chi connectivity index (χ1n) is 9.02. The summed E-state index contributed by atoms with van der Waals surface area (Å²) in [5.74, 6) is 0.578. The molecule has 0 aliphatic carbocycles. The molecule has 0 saturated carbocycles. The Morgan fingerprint density at radius 1 is 1.11 bits per heavy atom. The molecule has 0 bridgehead atoms. The molecule has 0 N–H and O–H groups in total. The van der Waals surface area contributed by atoms with Crippen LogP contribution in [0.2, 0.25) is 5.02 Å². The molecular formula is C19H19ClN6S. The molecule has 0 unspecified atom stereocenters. The normalized spacial score (nSPS) is 15.7. The van der Waals surface area contributed by atoms with Crippen LogP contribution in [-0.2, 0) is 7.05 Å². The van der Waals surface area contributed by atoms with Gasteiger partial charge in [0.1, 0.15) is 0 Å². The number of hydrogen-bond acceptors (Lipinski definition) is 5.